The number of hydrogen-bond donors (Lipinski definition) is 4. The molecule has 0 aromatic heterocycles. The van der Waals surface area contributed by atoms with Crippen LogP contribution in [0.3, 0.4) is 0 Å². The molecule has 0 bridgehead atoms. The molecule has 2 heterocycles. The molecular weight excluding hydrogens is 532 g/mol. The molecule has 2 aliphatic heterocycles. The molecule has 2 fully saturated rings. The van der Waals surface area contributed by atoms with Crippen LogP contribution in [0.25, 0.3) is 0 Å². The second kappa shape index (κ2) is 13.8. The van der Waals surface area contributed by atoms with Gasteiger partial charge in [0.05, 0.1) is 0 Å². The number of nitrogens with zero attached hydrogens (tertiary/aromatic N) is 2. The van der Waals surface area contributed by atoms with Gasteiger partial charge < -0.3 is 39.4 Å². The first kappa shape index (κ1) is 33.5. The molecule has 0 spiro atoms. The lowest BCUT2D eigenvalue weighted by Gasteiger charge is -2.29. The molecule has 40 heavy (non-hydrogen) atoms. The number of aliphatic hydroxyl groups excluding tert-OH is 4. The average molecular weight is 577 g/mol. The monoisotopic (exact) mass is 576 g/mol. The van der Waals surface area contributed by atoms with E-state index in [9.17, 15) is 39.6 Å². The first-order valence-corrected chi connectivity index (χ1v) is 13.5. The Morgan fingerprint density at radius 2 is 1.00 bits per heavy atom. The Bertz CT molecular complexity index is 827. The molecular formula is C26H44N2O12. The zero-order valence-corrected chi connectivity index (χ0v) is 24.1. The van der Waals surface area contributed by atoms with Crippen molar-refractivity contribution in [1.82, 2.24) is 9.80 Å². The molecule has 14 nitrogen and oxygen atoms in total. The third-order valence-electron chi connectivity index (χ3n) is 6.24. The van der Waals surface area contributed by atoms with E-state index in [2.05, 4.69) is 0 Å². The van der Waals surface area contributed by atoms with Crippen LogP contribution >= 0.6 is 0 Å². The lowest BCUT2D eigenvalue weighted by atomic mass is 10.0. The minimum absolute atomic E-state index is 0.292. The van der Waals surface area contributed by atoms with Crippen LogP contribution in [0, 0.1) is 0 Å². The minimum Gasteiger partial charge on any atom is -0.461 e. The number of ether oxygens (including phenoxy) is 4. The van der Waals surface area contributed by atoms with Crippen LogP contribution in [-0.4, -0.2) is 128 Å². The first-order valence-electron chi connectivity index (χ1n) is 13.5. The lowest BCUT2D eigenvalue weighted by Crippen LogP contribution is -2.49. The third-order valence-corrected chi connectivity index (χ3v) is 6.24. The van der Waals surface area contributed by atoms with Crippen LogP contribution < -0.4 is 0 Å². The number of aliphatic hydroxyl groups is 4. The highest BCUT2D eigenvalue weighted by Gasteiger charge is 2.40. The van der Waals surface area contributed by atoms with Gasteiger partial charge in [-0.2, -0.15) is 0 Å². The second-order valence-electron chi connectivity index (χ2n) is 12.0. The zero-order valence-electron chi connectivity index (χ0n) is 24.1. The van der Waals surface area contributed by atoms with E-state index in [1.807, 2.05) is 0 Å². The van der Waals surface area contributed by atoms with E-state index in [1.165, 1.54) is 9.80 Å². The van der Waals surface area contributed by atoms with Crippen LogP contribution in [0.1, 0.15) is 67.2 Å². The molecule has 0 aliphatic carbocycles. The normalized spacial score (nSPS) is 22.8. The van der Waals surface area contributed by atoms with Crippen molar-refractivity contribution in [3.05, 3.63) is 0 Å². The zero-order chi connectivity index (χ0) is 30.4. The fourth-order valence-corrected chi connectivity index (χ4v) is 4.28. The summed E-state index contributed by atoms with van der Waals surface area (Å²) in [6, 6.07) is -1.85. The van der Waals surface area contributed by atoms with Gasteiger partial charge >= 0.3 is 24.1 Å². The molecule has 0 unspecified atom stereocenters. The Morgan fingerprint density at radius 3 is 1.30 bits per heavy atom. The molecule has 4 N–H and O–H groups in total. The van der Waals surface area contributed by atoms with Crippen molar-refractivity contribution < 1.29 is 58.6 Å². The topological polar surface area (TPSA) is 193 Å². The maximum Gasteiger partial charge on any atom is 0.411 e. The molecule has 2 aliphatic rings. The van der Waals surface area contributed by atoms with Crippen LogP contribution in [0.2, 0.25) is 0 Å². The van der Waals surface area contributed by atoms with Crippen LogP contribution in [-0.2, 0) is 28.5 Å². The van der Waals surface area contributed by atoms with Crippen LogP contribution in [0.5, 0.6) is 0 Å². The van der Waals surface area contributed by atoms with Crippen molar-refractivity contribution in [2.45, 2.75) is 115 Å². The van der Waals surface area contributed by atoms with Gasteiger partial charge in [0, 0.05) is 13.1 Å². The number of rotatable bonds is 9. The van der Waals surface area contributed by atoms with Gasteiger partial charge in [0.15, 0.2) is 0 Å². The van der Waals surface area contributed by atoms with Crippen molar-refractivity contribution in [2.24, 2.45) is 0 Å². The van der Waals surface area contributed by atoms with Gasteiger partial charge in [0.1, 0.15) is 60.9 Å². The lowest BCUT2D eigenvalue weighted by molar-refractivity contribution is -0.166. The summed E-state index contributed by atoms with van der Waals surface area (Å²) in [5.74, 6) is -1.63. The van der Waals surface area contributed by atoms with E-state index in [1.54, 1.807) is 41.5 Å². The first-order chi connectivity index (χ1) is 18.4. The van der Waals surface area contributed by atoms with Gasteiger partial charge in [-0.05, 0) is 67.2 Å². The quantitative estimate of drug-likeness (QED) is 0.217. The largest absolute Gasteiger partial charge is 0.461 e. The molecule has 230 valence electrons. The van der Waals surface area contributed by atoms with Crippen molar-refractivity contribution >= 4 is 24.1 Å². The summed E-state index contributed by atoms with van der Waals surface area (Å²) in [6.45, 7) is 9.30. The number of carbonyl (C=O) groups is 4. The summed E-state index contributed by atoms with van der Waals surface area (Å²) in [5, 5.41) is 41.0. The third kappa shape index (κ3) is 9.75. The van der Waals surface area contributed by atoms with Gasteiger partial charge in [0.2, 0.25) is 0 Å². The summed E-state index contributed by atoms with van der Waals surface area (Å²) < 4.78 is 20.7. The Kier molecular flexibility index (Phi) is 11.6. The van der Waals surface area contributed by atoms with Crippen molar-refractivity contribution in [2.75, 3.05) is 26.3 Å². The van der Waals surface area contributed by atoms with E-state index < -0.39 is 85.0 Å². The Morgan fingerprint density at radius 1 is 0.675 bits per heavy atom. The van der Waals surface area contributed by atoms with Crippen molar-refractivity contribution in [3.8, 4) is 0 Å². The van der Waals surface area contributed by atoms with E-state index >= 15 is 0 Å². The highest BCUT2D eigenvalue weighted by atomic mass is 16.6. The molecule has 6 atom stereocenters. The molecule has 0 aromatic rings. The Hall–Kier alpha value is -2.68. The van der Waals surface area contributed by atoms with Gasteiger partial charge in [-0.25, -0.2) is 19.2 Å². The summed E-state index contributed by atoms with van der Waals surface area (Å²) in [4.78, 5) is 52.3. The van der Waals surface area contributed by atoms with Crippen molar-refractivity contribution in [3.63, 3.8) is 0 Å². The smallest absolute Gasteiger partial charge is 0.411 e. The van der Waals surface area contributed by atoms with Crippen LogP contribution in [0.4, 0.5) is 9.59 Å². The Balaban J connectivity index is 1.82. The highest BCUT2D eigenvalue weighted by Crippen LogP contribution is 2.23. The molecule has 2 rings (SSSR count). The minimum atomic E-state index is -1.96. The van der Waals surface area contributed by atoms with Gasteiger partial charge in [-0.3, -0.25) is 9.80 Å². The van der Waals surface area contributed by atoms with Gasteiger partial charge in [-0.1, -0.05) is 0 Å². The van der Waals surface area contributed by atoms with E-state index in [0.717, 1.165) is 0 Å². The summed E-state index contributed by atoms with van der Waals surface area (Å²) in [5.41, 5.74) is -1.51. The molecule has 14 heteroatoms. The second-order valence-corrected chi connectivity index (χ2v) is 12.0. The summed E-state index contributed by atoms with van der Waals surface area (Å²) in [6.07, 6.45) is -7.11. The van der Waals surface area contributed by atoms with Gasteiger partial charge in [-0.15, -0.1) is 0 Å². The standard InChI is InChI=1S/C26H44N2O12/c1-25(2,3)39-23(35)27-11-7-9-15(27)21(33)37-13-17(29)19(31)20(32)18(30)14-38-22(34)16-10-8-12-28(16)24(36)40-26(4,5)6/h15-20,29-32H,7-14H2,1-6H3/t15-,16-,17+,18+,19+,20+/m0/s1. The van der Waals surface area contributed by atoms with E-state index in [0.29, 0.717) is 38.8 Å². The molecule has 2 saturated heterocycles. The van der Waals surface area contributed by atoms with E-state index in [4.69, 9.17) is 18.9 Å². The molecule has 0 radical (unpaired) electrons. The Labute approximate surface area is 234 Å². The number of esters is 2. The maximum atomic E-state index is 12.5. The number of hydrogen-bond acceptors (Lipinski definition) is 12. The fraction of sp³-hybridized carbons (Fsp3) is 0.846. The van der Waals surface area contributed by atoms with Crippen LogP contribution in [0.15, 0.2) is 0 Å². The van der Waals surface area contributed by atoms with Crippen molar-refractivity contribution in [1.29, 1.82) is 0 Å². The predicted molar refractivity (Wildman–Crippen MR) is 138 cm³/mol. The molecule has 2 amide bonds. The summed E-state index contributed by atoms with van der Waals surface area (Å²) in [7, 11) is 0. The average Bonchev–Trinajstić information content (AvgIpc) is 3.52. The number of amides is 2. The predicted octanol–water partition coefficient (Wildman–Crippen LogP) is 0.315. The highest BCUT2D eigenvalue weighted by molar-refractivity contribution is 5.83. The number of carbonyl (C=O) groups excluding carboxylic acids is 4. The summed E-state index contributed by atoms with van der Waals surface area (Å²) >= 11 is 0. The van der Waals surface area contributed by atoms with E-state index in [-0.39, 0.29) is 0 Å². The fourth-order valence-electron chi connectivity index (χ4n) is 4.28. The number of likely N-dealkylation sites (tertiary alicyclic amines) is 2. The van der Waals surface area contributed by atoms with Gasteiger partial charge in [0.25, 0.3) is 0 Å². The molecule has 0 saturated carbocycles. The maximum absolute atomic E-state index is 12.5. The SMILES string of the molecule is CC(C)(C)OC(=O)N1CCC[C@H]1C(=O)OC[C@@H](O)[C@@H](O)[C@H](O)[C@H](O)COC(=O)[C@@H]1CCCN1C(=O)OC(C)(C)C. The molecule has 0 aromatic carbocycles.